The van der Waals surface area contributed by atoms with Crippen LogP contribution in [0.15, 0.2) is 53.4 Å². The zero-order chi connectivity index (χ0) is 15.8. The zero-order valence-electron chi connectivity index (χ0n) is 12.6. The smallest absolute Gasteiger partial charge is 0.230 e. The molecule has 22 heavy (non-hydrogen) atoms. The second-order valence-corrected chi connectivity index (χ2v) is 6.67. The third-order valence-corrected chi connectivity index (χ3v) is 4.53. The first-order chi connectivity index (χ1) is 10.6. The Bertz CT molecular complexity index is 595. The number of thioether (sulfide) groups is 1. The Balaban J connectivity index is 1.61. The summed E-state index contributed by atoms with van der Waals surface area (Å²) in [6.45, 7) is 2.76. The molecule has 0 radical (unpaired) electrons. The number of carbonyl (C=O) groups excluding carboxylic acids is 1. The van der Waals surface area contributed by atoms with E-state index in [4.69, 9.17) is 11.6 Å². The van der Waals surface area contributed by atoms with Gasteiger partial charge in [0.2, 0.25) is 5.91 Å². The van der Waals surface area contributed by atoms with Gasteiger partial charge in [-0.1, -0.05) is 41.4 Å². The minimum absolute atomic E-state index is 0.0849. The van der Waals surface area contributed by atoms with E-state index in [1.807, 2.05) is 36.4 Å². The molecular weight excluding hydrogens is 314 g/mol. The van der Waals surface area contributed by atoms with Crippen LogP contribution in [0.25, 0.3) is 0 Å². The van der Waals surface area contributed by atoms with Crippen molar-refractivity contribution in [3.63, 3.8) is 0 Å². The van der Waals surface area contributed by atoms with Gasteiger partial charge in [-0.05, 0) is 49.6 Å². The summed E-state index contributed by atoms with van der Waals surface area (Å²) in [4.78, 5) is 12.9. The van der Waals surface area contributed by atoms with Gasteiger partial charge in [0.1, 0.15) is 0 Å². The standard InChI is InChI=1S/C18H20ClNOS/c1-14-4-10-17(11-5-14)22-13-18(21)20-12-2-3-15-6-8-16(19)9-7-15/h4-11H,2-3,12-13H2,1H3,(H,20,21). The van der Waals surface area contributed by atoms with Crippen molar-refractivity contribution in [1.29, 1.82) is 0 Å². The quantitative estimate of drug-likeness (QED) is 0.597. The number of amides is 1. The van der Waals surface area contributed by atoms with E-state index in [0.717, 1.165) is 22.8 Å². The molecule has 2 nitrogen and oxygen atoms in total. The lowest BCUT2D eigenvalue weighted by molar-refractivity contribution is -0.118. The summed E-state index contributed by atoms with van der Waals surface area (Å²) < 4.78 is 0. The molecule has 0 fully saturated rings. The van der Waals surface area contributed by atoms with Gasteiger partial charge in [-0.2, -0.15) is 0 Å². The molecule has 0 saturated heterocycles. The fraction of sp³-hybridized carbons (Fsp3) is 0.278. The third kappa shape index (κ3) is 6.12. The SMILES string of the molecule is Cc1ccc(SCC(=O)NCCCc2ccc(Cl)cc2)cc1. The second kappa shape index (κ2) is 8.86. The molecule has 0 atom stereocenters. The lowest BCUT2D eigenvalue weighted by Crippen LogP contribution is -2.26. The molecule has 0 saturated carbocycles. The van der Waals surface area contributed by atoms with Gasteiger partial charge < -0.3 is 5.32 Å². The third-order valence-electron chi connectivity index (χ3n) is 3.27. The van der Waals surface area contributed by atoms with Crippen molar-refractivity contribution in [1.82, 2.24) is 5.32 Å². The number of aryl methyl sites for hydroxylation is 2. The Kier molecular flexibility index (Phi) is 6.81. The fourth-order valence-electron chi connectivity index (χ4n) is 2.01. The van der Waals surface area contributed by atoms with Crippen molar-refractivity contribution in [3.05, 3.63) is 64.7 Å². The number of benzene rings is 2. The molecule has 4 heteroatoms. The molecule has 1 N–H and O–H groups in total. The Morgan fingerprint density at radius 1 is 1.09 bits per heavy atom. The van der Waals surface area contributed by atoms with E-state index in [2.05, 4.69) is 24.4 Å². The number of hydrogen-bond acceptors (Lipinski definition) is 2. The monoisotopic (exact) mass is 333 g/mol. The molecule has 0 aromatic heterocycles. The zero-order valence-corrected chi connectivity index (χ0v) is 14.2. The summed E-state index contributed by atoms with van der Waals surface area (Å²) in [6, 6.07) is 16.1. The summed E-state index contributed by atoms with van der Waals surface area (Å²) in [6.07, 6.45) is 1.88. The summed E-state index contributed by atoms with van der Waals surface area (Å²) in [5.41, 5.74) is 2.48. The van der Waals surface area contributed by atoms with E-state index in [-0.39, 0.29) is 5.91 Å². The second-order valence-electron chi connectivity index (χ2n) is 5.18. The van der Waals surface area contributed by atoms with Crippen molar-refractivity contribution in [2.45, 2.75) is 24.7 Å². The molecule has 0 unspecified atom stereocenters. The number of carbonyl (C=O) groups is 1. The molecule has 2 aromatic rings. The molecule has 1 amide bonds. The Morgan fingerprint density at radius 3 is 2.45 bits per heavy atom. The van der Waals surface area contributed by atoms with Gasteiger partial charge in [-0.25, -0.2) is 0 Å². The Labute approximate surface area is 141 Å². The molecule has 0 bridgehead atoms. The minimum Gasteiger partial charge on any atom is -0.355 e. The molecule has 0 aliphatic heterocycles. The van der Waals surface area contributed by atoms with E-state index in [9.17, 15) is 4.79 Å². The van der Waals surface area contributed by atoms with Gasteiger partial charge in [0.15, 0.2) is 0 Å². The first kappa shape index (κ1) is 16.9. The fourth-order valence-corrected chi connectivity index (χ4v) is 2.86. The number of rotatable bonds is 7. The highest BCUT2D eigenvalue weighted by Crippen LogP contribution is 2.17. The van der Waals surface area contributed by atoms with Crippen LogP contribution in [0, 0.1) is 6.92 Å². The Morgan fingerprint density at radius 2 is 1.77 bits per heavy atom. The molecule has 0 spiro atoms. The van der Waals surface area contributed by atoms with Crippen LogP contribution in [0.2, 0.25) is 5.02 Å². The topological polar surface area (TPSA) is 29.1 Å². The number of nitrogens with one attached hydrogen (secondary N) is 1. The van der Waals surface area contributed by atoms with Gasteiger partial charge in [0, 0.05) is 16.5 Å². The molecule has 0 heterocycles. The molecular formula is C18H20ClNOS. The first-order valence-corrected chi connectivity index (χ1v) is 8.70. The normalized spacial score (nSPS) is 10.5. The maximum absolute atomic E-state index is 11.8. The summed E-state index contributed by atoms with van der Waals surface area (Å²) in [5.74, 6) is 0.547. The highest BCUT2D eigenvalue weighted by molar-refractivity contribution is 8.00. The van der Waals surface area contributed by atoms with Crippen molar-refractivity contribution in [2.75, 3.05) is 12.3 Å². The molecule has 2 rings (SSSR count). The predicted molar refractivity (Wildman–Crippen MR) is 94.7 cm³/mol. The molecule has 0 aliphatic carbocycles. The van der Waals surface area contributed by atoms with Gasteiger partial charge >= 0.3 is 0 Å². The number of hydrogen-bond donors (Lipinski definition) is 1. The lowest BCUT2D eigenvalue weighted by atomic mass is 10.1. The first-order valence-electron chi connectivity index (χ1n) is 7.34. The average Bonchev–Trinajstić information content (AvgIpc) is 2.53. The molecule has 116 valence electrons. The van der Waals surface area contributed by atoms with Crippen LogP contribution < -0.4 is 5.32 Å². The largest absolute Gasteiger partial charge is 0.355 e. The van der Waals surface area contributed by atoms with Crippen LogP contribution in [0.3, 0.4) is 0 Å². The predicted octanol–water partition coefficient (Wildman–Crippen LogP) is 4.49. The van der Waals surface area contributed by atoms with Gasteiger partial charge in [-0.15, -0.1) is 11.8 Å². The van der Waals surface area contributed by atoms with Crippen molar-refractivity contribution in [3.8, 4) is 0 Å². The van der Waals surface area contributed by atoms with Crippen molar-refractivity contribution < 1.29 is 4.79 Å². The molecule has 0 aliphatic rings. The van der Waals surface area contributed by atoms with Crippen LogP contribution >= 0.6 is 23.4 Å². The summed E-state index contributed by atoms with van der Waals surface area (Å²) >= 11 is 7.42. The van der Waals surface area contributed by atoms with Gasteiger partial charge in [0.05, 0.1) is 5.75 Å². The average molecular weight is 334 g/mol. The summed E-state index contributed by atoms with van der Waals surface area (Å²) in [5, 5.41) is 3.71. The lowest BCUT2D eigenvalue weighted by Gasteiger charge is -2.06. The van der Waals surface area contributed by atoms with E-state index in [1.54, 1.807) is 11.8 Å². The molecule has 2 aromatic carbocycles. The van der Waals surface area contributed by atoms with E-state index >= 15 is 0 Å². The van der Waals surface area contributed by atoms with E-state index < -0.39 is 0 Å². The van der Waals surface area contributed by atoms with Crippen LogP contribution in [-0.4, -0.2) is 18.2 Å². The minimum atomic E-state index is 0.0849. The van der Waals surface area contributed by atoms with Gasteiger partial charge in [0.25, 0.3) is 0 Å². The van der Waals surface area contributed by atoms with Crippen molar-refractivity contribution >= 4 is 29.3 Å². The maximum Gasteiger partial charge on any atom is 0.230 e. The highest BCUT2D eigenvalue weighted by Gasteiger charge is 2.02. The van der Waals surface area contributed by atoms with Crippen LogP contribution in [0.1, 0.15) is 17.5 Å². The van der Waals surface area contributed by atoms with E-state index in [0.29, 0.717) is 12.3 Å². The maximum atomic E-state index is 11.8. The van der Waals surface area contributed by atoms with Gasteiger partial charge in [-0.3, -0.25) is 4.79 Å². The van der Waals surface area contributed by atoms with Crippen LogP contribution in [-0.2, 0) is 11.2 Å². The van der Waals surface area contributed by atoms with Crippen molar-refractivity contribution in [2.24, 2.45) is 0 Å². The summed E-state index contributed by atoms with van der Waals surface area (Å²) in [7, 11) is 0. The highest BCUT2D eigenvalue weighted by atomic mass is 35.5. The van der Waals surface area contributed by atoms with Crippen LogP contribution in [0.4, 0.5) is 0 Å². The van der Waals surface area contributed by atoms with Crippen LogP contribution in [0.5, 0.6) is 0 Å². The Hall–Kier alpha value is -1.45. The van der Waals surface area contributed by atoms with E-state index in [1.165, 1.54) is 11.1 Å². The number of halogens is 1.